The quantitative estimate of drug-likeness (QED) is 0.845. The molecule has 1 aromatic heterocycles. The van der Waals surface area contributed by atoms with E-state index in [1.807, 2.05) is 29.2 Å². The van der Waals surface area contributed by atoms with E-state index in [0.29, 0.717) is 24.6 Å². The van der Waals surface area contributed by atoms with Crippen molar-refractivity contribution in [1.82, 2.24) is 4.90 Å². The Morgan fingerprint density at radius 2 is 2.14 bits per heavy atom. The van der Waals surface area contributed by atoms with Crippen LogP contribution in [0, 0.1) is 25.2 Å². The maximum atomic E-state index is 8.83. The van der Waals surface area contributed by atoms with Gasteiger partial charge < -0.3 is 14.6 Å². The molecule has 0 bridgehead atoms. The van der Waals surface area contributed by atoms with Crippen molar-refractivity contribution in [2.45, 2.75) is 26.8 Å². The van der Waals surface area contributed by atoms with Crippen LogP contribution in [0.15, 0.2) is 41.0 Å². The Morgan fingerprint density at radius 1 is 1.32 bits per heavy atom. The van der Waals surface area contributed by atoms with Crippen LogP contribution >= 0.6 is 12.2 Å². The highest BCUT2D eigenvalue weighted by atomic mass is 32.1. The molecule has 0 saturated heterocycles. The van der Waals surface area contributed by atoms with Crippen LogP contribution in [0.25, 0.3) is 0 Å². The van der Waals surface area contributed by atoms with E-state index in [1.54, 1.807) is 6.26 Å². The number of hydrogen-bond acceptors (Lipinski definition) is 3. The highest BCUT2D eigenvalue weighted by Crippen LogP contribution is 2.19. The summed E-state index contributed by atoms with van der Waals surface area (Å²) in [5.74, 6) is 0.822. The molecule has 0 fully saturated rings. The second kappa shape index (κ2) is 7.62. The van der Waals surface area contributed by atoms with Gasteiger partial charge in [0.2, 0.25) is 0 Å². The zero-order chi connectivity index (χ0) is 15.9. The average molecular weight is 313 g/mol. The molecule has 1 N–H and O–H groups in total. The summed E-state index contributed by atoms with van der Waals surface area (Å²) in [5, 5.41) is 12.7. The largest absolute Gasteiger partial charge is 0.467 e. The van der Waals surface area contributed by atoms with E-state index in [4.69, 9.17) is 21.9 Å². The number of nitrogens with zero attached hydrogens (tertiary/aromatic N) is 2. The Balaban J connectivity index is 2.11. The fourth-order valence-corrected chi connectivity index (χ4v) is 2.37. The van der Waals surface area contributed by atoms with Crippen molar-refractivity contribution in [1.29, 1.82) is 5.26 Å². The first-order valence-corrected chi connectivity index (χ1v) is 7.54. The first-order chi connectivity index (χ1) is 10.6. The maximum Gasteiger partial charge on any atom is 0.173 e. The van der Waals surface area contributed by atoms with Crippen molar-refractivity contribution in [3.63, 3.8) is 0 Å². The number of furan rings is 1. The van der Waals surface area contributed by atoms with Gasteiger partial charge in [0.05, 0.1) is 25.3 Å². The van der Waals surface area contributed by atoms with Gasteiger partial charge in [0.25, 0.3) is 0 Å². The predicted octanol–water partition coefficient (Wildman–Crippen LogP) is 4.01. The zero-order valence-electron chi connectivity index (χ0n) is 12.8. The summed E-state index contributed by atoms with van der Waals surface area (Å²) < 4.78 is 5.38. The topological polar surface area (TPSA) is 52.2 Å². The Labute approximate surface area is 136 Å². The van der Waals surface area contributed by atoms with Crippen LogP contribution in [0.1, 0.15) is 23.3 Å². The second-order valence-corrected chi connectivity index (χ2v) is 5.47. The van der Waals surface area contributed by atoms with Crippen LogP contribution < -0.4 is 5.32 Å². The van der Waals surface area contributed by atoms with Crippen LogP contribution in [-0.4, -0.2) is 16.6 Å². The molecule has 2 rings (SSSR count). The number of benzene rings is 1. The lowest BCUT2D eigenvalue weighted by Gasteiger charge is -2.25. The van der Waals surface area contributed by atoms with Gasteiger partial charge in [0.15, 0.2) is 5.11 Å². The van der Waals surface area contributed by atoms with Gasteiger partial charge in [0.1, 0.15) is 5.76 Å². The van der Waals surface area contributed by atoms with Crippen molar-refractivity contribution in [3.05, 3.63) is 53.5 Å². The molecule has 1 aromatic carbocycles. The van der Waals surface area contributed by atoms with Gasteiger partial charge in [-0.05, 0) is 55.4 Å². The van der Waals surface area contributed by atoms with Crippen molar-refractivity contribution < 1.29 is 4.42 Å². The van der Waals surface area contributed by atoms with E-state index >= 15 is 0 Å². The summed E-state index contributed by atoms with van der Waals surface area (Å²) in [6.45, 7) is 5.24. The third-order valence-electron chi connectivity index (χ3n) is 3.55. The normalized spacial score (nSPS) is 10.0. The highest BCUT2D eigenvalue weighted by Gasteiger charge is 2.13. The monoisotopic (exact) mass is 313 g/mol. The minimum Gasteiger partial charge on any atom is -0.467 e. The predicted molar refractivity (Wildman–Crippen MR) is 91.5 cm³/mol. The number of hydrogen-bond donors (Lipinski definition) is 1. The van der Waals surface area contributed by atoms with Crippen molar-refractivity contribution >= 4 is 23.0 Å². The molecule has 2 aromatic rings. The maximum absolute atomic E-state index is 8.83. The molecule has 0 aliphatic rings. The molecule has 0 unspecified atom stereocenters. The molecule has 0 saturated carbocycles. The summed E-state index contributed by atoms with van der Waals surface area (Å²) in [7, 11) is 0. The smallest absolute Gasteiger partial charge is 0.173 e. The molecule has 1 heterocycles. The fraction of sp³-hybridized carbons (Fsp3) is 0.294. The molecule has 4 nitrogen and oxygen atoms in total. The third kappa shape index (κ3) is 4.09. The van der Waals surface area contributed by atoms with Gasteiger partial charge in [0, 0.05) is 12.2 Å². The van der Waals surface area contributed by atoms with Crippen molar-refractivity contribution in [3.8, 4) is 6.07 Å². The molecule has 0 aliphatic heterocycles. The number of anilines is 1. The summed E-state index contributed by atoms with van der Waals surface area (Å²) in [6.07, 6.45) is 2.05. The Bertz CT molecular complexity index is 674. The molecule has 0 radical (unpaired) electrons. The molecule has 0 atom stereocenters. The van der Waals surface area contributed by atoms with Crippen LogP contribution in [0.4, 0.5) is 5.69 Å². The average Bonchev–Trinajstić information content (AvgIpc) is 3.01. The van der Waals surface area contributed by atoms with E-state index < -0.39 is 0 Å². The Kier molecular flexibility index (Phi) is 5.56. The SMILES string of the molecule is Cc1cccc(NC(=S)N(CCC#N)Cc2ccco2)c1C. The third-order valence-corrected chi connectivity index (χ3v) is 3.91. The number of aryl methyl sites for hydroxylation is 1. The summed E-state index contributed by atoms with van der Waals surface area (Å²) in [4.78, 5) is 1.94. The molecule has 114 valence electrons. The first kappa shape index (κ1) is 16.1. The summed E-state index contributed by atoms with van der Waals surface area (Å²) in [6, 6.07) is 12.0. The van der Waals surface area contributed by atoms with E-state index in [2.05, 4.69) is 31.3 Å². The van der Waals surface area contributed by atoms with E-state index in [-0.39, 0.29) is 0 Å². The standard InChI is InChI=1S/C17H19N3OS/c1-13-6-3-8-16(14(13)2)19-17(22)20(10-5-9-18)12-15-7-4-11-21-15/h3-4,6-8,11H,5,10,12H2,1-2H3,(H,19,22). The highest BCUT2D eigenvalue weighted by molar-refractivity contribution is 7.80. The zero-order valence-corrected chi connectivity index (χ0v) is 13.6. The molecule has 0 aliphatic carbocycles. The molecule has 0 amide bonds. The van der Waals surface area contributed by atoms with Gasteiger partial charge in [-0.2, -0.15) is 5.26 Å². The lowest BCUT2D eigenvalue weighted by Crippen LogP contribution is -2.35. The molecule has 22 heavy (non-hydrogen) atoms. The van der Waals surface area contributed by atoms with Gasteiger partial charge in [-0.25, -0.2) is 0 Å². The number of nitriles is 1. The molecular weight excluding hydrogens is 294 g/mol. The second-order valence-electron chi connectivity index (χ2n) is 5.09. The van der Waals surface area contributed by atoms with Crippen LogP contribution in [-0.2, 0) is 6.54 Å². The van der Waals surface area contributed by atoms with Crippen molar-refractivity contribution in [2.75, 3.05) is 11.9 Å². The number of nitrogens with one attached hydrogen (secondary N) is 1. The summed E-state index contributed by atoms with van der Waals surface area (Å²) >= 11 is 5.51. The van der Waals surface area contributed by atoms with Gasteiger partial charge >= 0.3 is 0 Å². The van der Waals surface area contributed by atoms with E-state index in [0.717, 1.165) is 11.4 Å². The van der Waals surface area contributed by atoms with Gasteiger partial charge in [-0.3, -0.25) is 0 Å². The lowest BCUT2D eigenvalue weighted by atomic mass is 10.1. The van der Waals surface area contributed by atoms with Crippen LogP contribution in [0.3, 0.4) is 0 Å². The number of rotatable bonds is 5. The molecule has 5 heteroatoms. The minimum absolute atomic E-state index is 0.412. The Morgan fingerprint density at radius 3 is 2.82 bits per heavy atom. The molecular formula is C17H19N3OS. The number of thiocarbonyl (C=S) groups is 1. The van der Waals surface area contributed by atoms with E-state index in [9.17, 15) is 0 Å². The van der Waals surface area contributed by atoms with Gasteiger partial charge in [-0.15, -0.1) is 0 Å². The summed E-state index contributed by atoms with van der Waals surface area (Å²) in [5.41, 5.74) is 3.37. The van der Waals surface area contributed by atoms with Crippen LogP contribution in [0.2, 0.25) is 0 Å². The molecule has 0 spiro atoms. The lowest BCUT2D eigenvalue weighted by molar-refractivity contribution is 0.371. The fourth-order valence-electron chi connectivity index (χ4n) is 2.11. The van der Waals surface area contributed by atoms with Gasteiger partial charge in [-0.1, -0.05) is 12.1 Å². The van der Waals surface area contributed by atoms with Crippen LogP contribution in [0.5, 0.6) is 0 Å². The minimum atomic E-state index is 0.412. The van der Waals surface area contributed by atoms with E-state index in [1.165, 1.54) is 11.1 Å². The Hall–Kier alpha value is -2.32. The first-order valence-electron chi connectivity index (χ1n) is 7.13. The van der Waals surface area contributed by atoms with Crippen molar-refractivity contribution in [2.24, 2.45) is 0 Å².